The van der Waals surface area contributed by atoms with Crippen LogP contribution >= 0.6 is 0 Å². The number of anilines is 1. The zero-order valence-corrected chi connectivity index (χ0v) is 40.5. The fourth-order valence-electron chi connectivity index (χ4n) is 9.55. The van der Waals surface area contributed by atoms with Gasteiger partial charge in [0.05, 0.1) is 62.9 Å². The van der Waals surface area contributed by atoms with Crippen molar-refractivity contribution in [2.45, 2.75) is 89.1 Å². The molecule has 380 valence electrons. The number of oxime groups is 1. The summed E-state index contributed by atoms with van der Waals surface area (Å²) in [6.45, 7) is 9.19. The van der Waals surface area contributed by atoms with Gasteiger partial charge in [0.1, 0.15) is 40.4 Å². The fourth-order valence-corrected chi connectivity index (χ4v) is 9.55. The molecule has 4 N–H and O–H groups in total. The lowest BCUT2D eigenvalue weighted by molar-refractivity contribution is -0.384. The Morgan fingerprint density at radius 1 is 0.929 bits per heavy atom. The summed E-state index contributed by atoms with van der Waals surface area (Å²) < 4.78 is 42.8. The molecule has 0 unspecified atom stereocenters. The highest BCUT2D eigenvalue weighted by molar-refractivity contribution is 6.03. The van der Waals surface area contributed by atoms with Crippen molar-refractivity contribution < 1.29 is 67.8 Å². The number of hydrogen-bond donors (Lipinski definition) is 4. The van der Waals surface area contributed by atoms with Crippen molar-refractivity contribution in [3.8, 4) is 28.7 Å². The molecular formula is C51H66N4O15. The second-order valence-corrected chi connectivity index (χ2v) is 18.2. The summed E-state index contributed by atoms with van der Waals surface area (Å²) in [5, 5.41) is 48.7. The summed E-state index contributed by atoms with van der Waals surface area (Å²) in [4.78, 5) is 47.0. The Bertz CT molecular complexity index is 2330. The molecule has 3 aromatic rings. The number of allylic oxidation sites excluding steroid dienone is 1. The molecule has 0 radical (unpaired) electrons. The topological polar surface area (TPSA) is 239 Å². The van der Waals surface area contributed by atoms with E-state index in [1.54, 1.807) is 42.5 Å². The third-order valence-electron chi connectivity index (χ3n) is 12.5. The molecule has 6 atom stereocenters. The first-order chi connectivity index (χ1) is 33.7. The van der Waals surface area contributed by atoms with Crippen LogP contribution < -0.4 is 29.0 Å². The van der Waals surface area contributed by atoms with Gasteiger partial charge >= 0.3 is 12.2 Å². The number of non-ortho nitro benzene ring substituents is 1. The summed E-state index contributed by atoms with van der Waals surface area (Å²) in [6.07, 6.45) is 6.02. The highest BCUT2D eigenvalue weighted by atomic mass is 16.7. The van der Waals surface area contributed by atoms with E-state index in [-0.39, 0.29) is 81.6 Å². The minimum atomic E-state index is -1.69. The van der Waals surface area contributed by atoms with Crippen molar-refractivity contribution in [1.29, 1.82) is 0 Å². The number of ether oxygens (including phenoxy) is 7. The number of aliphatic hydroxyl groups excluding tert-OH is 3. The van der Waals surface area contributed by atoms with Crippen molar-refractivity contribution in [3.63, 3.8) is 0 Å². The number of methoxy groups -OCH3 is 2. The van der Waals surface area contributed by atoms with Crippen molar-refractivity contribution >= 4 is 29.3 Å². The molecule has 6 rings (SSSR count). The standard InChI is InChI=1S/C51H66N4O15/c1-7-26-66-51-45(54(22-27-65-28-25-58)49(60)68-35-16-14-34(15-17-35)55(61)62)32-42(53-70-50(2,3)4)39-29-33(12-8-10-23-56)38(13-9-11-24-57)46(47(39)51)40-30-37(19-21-43(40)69-51)67-48(59)52-41-20-18-36(63-5)31-44(41)64-6/h7,14-21,29-31,33,38,45-47,56-58H,1,8-13,22-28,32H2,2-6H3,(H,52,59)/t33-,38+,45-,46+,47+,51+/m0/s1. The third kappa shape index (κ3) is 12.7. The number of amides is 2. The van der Waals surface area contributed by atoms with E-state index in [0.29, 0.717) is 72.7 Å². The molecule has 0 spiro atoms. The molecule has 3 aromatic carbocycles. The summed E-state index contributed by atoms with van der Waals surface area (Å²) in [7, 11) is 3.00. The van der Waals surface area contributed by atoms with Crippen LogP contribution in [0.5, 0.6) is 28.7 Å². The Kier molecular flexibility index (Phi) is 18.6. The minimum Gasteiger partial charge on any atom is -0.497 e. The molecule has 70 heavy (non-hydrogen) atoms. The van der Waals surface area contributed by atoms with Gasteiger partial charge in [0.25, 0.3) is 5.69 Å². The number of carbonyl (C=O) groups is 2. The number of nitrogens with zero attached hydrogens (tertiary/aromatic N) is 3. The van der Waals surface area contributed by atoms with Gasteiger partial charge in [0.2, 0.25) is 5.79 Å². The highest BCUT2D eigenvalue weighted by Gasteiger charge is 2.66. The molecule has 2 amide bonds. The summed E-state index contributed by atoms with van der Waals surface area (Å²) in [6, 6.07) is 14.1. The Balaban J connectivity index is 1.55. The van der Waals surface area contributed by atoms with Gasteiger partial charge in [-0.2, -0.15) is 0 Å². The van der Waals surface area contributed by atoms with Gasteiger partial charge in [-0.3, -0.25) is 20.3 Å². The van der Waals surface area contributed by atoms with Crippen molar-refractivity contribution in [2.75, 3.05) is 65.7 Å². The van der Waals surface area contributed by atoms with E-state index in [0.717, 1.165) is 5.57 Å². The monoisotopic (exact) mass is 974 g/mol. The van der Waals surface area contributed by atoms with Crippen LogP contribution in [0.3, 0.4) is 0 Å². The van der Waals surface area contributed by atoms with Gasteiger partial charge in [-0.25, -0.2) is 9.59 Å². The van der Waals surface area contributed by atoms with E-state index in [2.05, 4.69) is 18.0 Å². The van der Waals surface area contributed by atoms with Crippen LogP contribution in [-0.2, 0) is 14.3 Å². The normalized spacial score (nSPS) is 21.8. The summed E-state index contributed by atoms with van der Waals surface area (Å²) in [5.74, 6) is -1.60. The number of aliphatic hydroxyl groups is 3. The van der Waals surface area contributed by atoms with E-state index in [9.17, 15) is 35.0 Å². The molecule has 1 heterocycles. The number of fused-ring (bicyclic) bond motifs is 2. The lowest BCUT2D eigenvalue weighted by Gasteiger charge is -2.59. The van der Waals surface area contributed by atoms with E-state index in [1.165, 1.54) is 43.4 Å². The number of nitro benzene ring substituents is 1. The molecule has 3 aliphatic rings. The maximum absolute atomic E-state index is 14.8. The van der Waals surface area contributed by atoms with Crippen LogP contribution in [0.1, 0.15) is 77.2 Å². The van der Waals surface area contributed by atoms with Gasteiger partial charge in [-0.05, 0) is 106 Å². The zero-order valence-electron chi connectivity index (χ0n) is 40.5. The van der Waals surface area contributed by atoms with Gasteiger partial charge in [0, 0.05) is 55.9 Å². The smallest absolute Gasteiger partial charge is 0.417 e. The molecule has 1 fully saturated rings. The highest BCUT2D eigenvalue weighted by Crippen LogP contribution is 2.62. The maximum atomic E-state index is 14.8. The third-order valence-corrected chi connectivity index (χ3v) is 12.5. The Hall–Kier alpha value is -6.25. The summed E-state index contributed by atoms with van der Waals surface area (Å²) in [5.41, 5.74) is 1.42. The van der Waals surface area contributed by atoms with Gasteiger partial charge in [-0.15, -0.1) is 6.58 Å². The van der Waals surface area contributed by atoms with Gasteiger partial charge in [0.15, 0.2) is 0 Å². The number of unbranched alkanes of at least 4 members (excludes halogenated alkanes) is 2. The molecule has 0 aromatic heterocycles. The summed E-state index contributed by atoms with van der Waals surface area (Å²) >= 11 is 0. The Morgan fingerprint density at radius 2 is 1.64 bits per heavy atom. The van der Waals surface area contributed by atoms with Crippen molar-refractivity contribution in [3.05, 3.63) is 101 Å². The van der Waals surface area contributed by atoms with Crippen LogP contribution in [0.4, 0.5) is 21.0 Å². The van der Waals surface area contributed by atoms with Crippen molar-refractivity contribution in [1.82, 2.24) is 4.90 Å². The number of benzene rings is 3. The lowest BCUT2D eigenvalue weighted by atomic mass is 9.55. The van der Waals surface area contributed by atoms with Gasteiger partial charge in [-0.1, -0.05) is 30.1 Å². The van der Waals surface area contributed by atoms with Crippen LogP contribution in [0.25, 0.3) is 0 Å². The fraction of sp³-hybridized carbons (Fsp3) is 0.510. The first-order valence-corrected chi connectivity index (χ1v) is 23.6. The van der Waals surface area contributed by atoms with Crippen LogP contribution in [0, 0.1) is 27.9 Å². The molecule has 2 aliphatic carbocycles. The molecule has 0 bridgehead atoms. The SMILES string of the molecule is C=CCO[C@@]12Oc3ccc(OC(=O)Nc4ccc(OC)cc4OC)cc3[C@H]3[C@H](CCCCO)[C@@H](CCCCO)C=C(C(=NOC(C)(C)C)C[C@@H]1N(CCOCCO)C(=O)Oc1ccc([N+](=O)[O-])cc1)[C@H]32. The molecule has 19 heteroatoms. The average molecular weight is 975 g/mol. The van der Waals surface area contributed by atoms with Crippen LogP contribution in [0.15, 0.2) is 90.1 Å². The molecule has 1 saturated carbocycles. The average Bonchev–Trinajstić information content (AvgIpc) is 3.34. The molecular weight excluding hydrogens is 909 g/mol. The predicted molar refractivity (Wildman–Crippen MR) is 259 cm³/mol. The first-order valence-electron chi connectivity index (χ1n) is 23.6. The Labute approximate surface area is 408 Å². The largest absolute Gasteiger partial charge is 0.497 e. The Morgan fingerprint density at radius 3 is 2.30 bits per heavy atom. The predicted octanol–water partition coefficient (Wildman–Crippen LogP) is 8.16. The van der Waals surface area contributed by atoms with Crippen LogP contribution in [0.2, 0.25) is 0 Å². The number of nitrogens with one attached hydrogen (secondary N) is 1. The zero-order chi connectivity index (χ0) is 50.4. The maximum Gasteiger partial charge on any atom is 0.417 e. The quantitative estimate of drug-likeness (QED) is 0.0287. The van der Waals surface area contributed by atoms with Crippen LogP contribution in [-0.4, -0.2) is 121 Å². The lowest BCUT2D eigenvalue weighted by Crippen LogP contribution is -2.70. The molecule has 1 aliphatic heterocycles. The van der Waals surface area contributed by atoms with Gasteiger partial charge < -0.3 is 53.3 Å². The molecule has 0 saturated heterocycles. The number of rotatable bonds is 24. The number of carbonyl (C=O) groups excluding carboxylic acids is 2. The first kappa shape index (κ1) is 53.1. The van der Waals surface area contributed by atoms with E-state index in [1.807, 2.05) is 20.8 Å². The van der Waals surface area contributed by atoms with Crippen molar-refractivity contribution in [2.24, 2.45) is 22.9 Å². The molecule has 19 nitrogen and oxygen atoms in total. The number of nitro groups is 1. The van der Waals surface area contributed by atoms with E-state index >= 15 is 0 Å². The second-order valence-electron chi connectivity index (χ2n) is 18.2. The minimum absolute atomic E-state index is 0.00906. The van der Waals surface area contributed by atoms with E-state index in [4.69, 9.17) is 43.2 Å². The number of hydrogen-bond acceptors (Lipinski definition) is 16. The second kappa shape index (κ2) is 24.5. The van der Waals surface area contributed by atoms with E-state index < -0.39 is 46.4 Å².